The van der Waals surface area contributed by atoms with Gasteiger partial charge in [0.15, 0.2) is 0 Å². The molecule has 21 heavy (non-hydrogen) atoms. The van der Waals surface area contributed by atoms with Crippen molar-refractivity contribution in [1.82, 2.24) is 5.32 Å². The van der Waals surface area contributed by atoms with E-state index in [1.54, 1.807) is 0 Å². The second-order valence-electron chi connectivity index (χ2n) is 7.09. The Labute approximate surface area is 130 Å². The first kappa shape index (κ1) is 16.5. The second kappa shape index (κ2) is 8.55. The largest absolute Gasteiger partial charge is 0.381 e. The molecule has 2 heteroatoms. The van der Waals surface area contributed by atoms with Gasteiger partial charge in [-0.25, -0.2) is 0 Å². The van der Waals surface area contributed by atoms with Crippen LogP contribution in [0.2, 0.25) is 0 Å². The van der Waals surface area contributed by atoms with Crippen LogP contribution in [-0.4, -0.2) is 26.3 Å². The van der Waals surface area contributed by atoms with Crippen molar-refractivity contribution in [3.05, 3.63) is 35.4 Å². The molecular weight excluding hydrogens is 258 g/mol. The van der Waals surface area contributed by atoms with Gasteiger partial charge in [0.25, 0.3) is 0 Å². The van der Waals surface area contributed by atoms with E-state index in [-0.39, 0.29) is 0 Å². The van der Waals surface area contributed by atoms with Gasteiger partial charge in [-0.2, -0.15) is 0 Å². The van der Waals surface area contributed by atoms with Crippen LogP contribution in [0, 0.1) is 24.7 Å². The highest BCUT2D eigenvalue weighted by molar-refractivity contribution is 5.21. The summed E-state index contributed by atoms with van der Waals surface area (Å²) in [6, 6.07) is 8.93. The number of benzene rings is 1. The third kappa shape index (κ3) is 7.10. The molecule has 1 saturated carbocycles. The number of ether oxygens (including phenoxy) is 1. The van der Waals surface area contributed by atoms with Gasteiger partial charge in [-0.1, -0.05) is 43.7 Å². The van der Waals surface area contributed by atoms with Gasteiger partial charge in [0.1, 0.15) is 0 Å². The molecule has 0 spiro atoms. The van der Waals surface area contributed by atoms with Crippen molar-refractivity contribution in [3.8, 4) is 0 Å². The van der Waals surface area contributed by atoms with Crippen LogP contribution in [0.15, 0.2) is 24.3 Å². The lowest BCUT2D eigenvalue weighted by Gasteiger charge is -2.19. The van der Waals surface area contributed by atoms with Gasteiger partial charge >= 0.3 is 0 Å². The Morgan fingerprint density at radius 3 is 2.48 bits per heavy atom. The number of hydrogen-bond acceptors (Lipinski definition) is 2. The summed E-state index contributed by atoms with van der Waals surface area (Å²) < 4.78 is 5.93. The normalized spacial score (nSPS) is 16.4. The molecule has 1 aliphatic rings. The molecule has 1 aromatic carbocycles. The summed E-state index contributed by atoms with van der Waals surface area (Å²) in [4.78, 5) is 0. The van der Waals surface area contributed by atoms with Gasteiger partial charge in [-0.05, 0) is 56.0 Å². The van der Waals surface area contributed by atoms with E-state index < -0.39 is 0 Å². The summed E-state index contributed by atoms with van der Waals surface area (Å²) >= 11 is 0. The molecule has 1 aliphatic carbocycles. The van der Waals surface area contributed by atoms with Crippen molar-refractivity contribution < 1.29 is 4.74 Å². The van der Waals surface area contributed by atoms with E-state index in [0.29, 0.717) is 11.8 Å². The SMILES string of the molecule is Cc1ccc(CC(CNCC(C)C)COCC2CC2)cc1. The minimum Gasteiger partial charge on any atom is -0.381 e. The Hall–Kier alpha value is -0.860. The maximum absolute atomic E-state index is 5.93. The van der Waals surface area contributed by atoms with Gasteiger partial charge in [-0.3, -0.25) is 0 Å². The fourth-order valence-corrected chi connectivity index (χ4v) is 2.51. The van der Waals surface area contributed by atoms with Crippen LogP contribution in [-0.2, 0) is 11.2 Å². The van der Waals surface area contributed by atoms with Crippen molar-refractivity contribution in [2.75, 3.05) is 26.3 Å². The van der Waals surface area contributed by atoms with Crippen molar-refractivity contribution in [3.63, 3.8) is 0 Å². The highest BCUT2D eigenvalue weighted by Gasteiger charge is 2.22. The second-order valence-corrected chi connectivity index (χ2v) is 7.09. The third-order valence-electron chi connectivity index (χ3n) is 4.03. The van der Waals surface area contributed by atoms with Crippen molar-refractivity contribution in [2.24, 2.45) is 17.8 Å². The minimum atomic E-state index is 0.574. The Morgan fingerprint density at radius 2 is 1.86 bits per heavy atom. The molecular formula is C19H31NO. The molecule has 2 rings (SSSR count). The van der Waals surface area contributed by atoms with E-state index >= 15 is 0 Å². The molecule has 0 heterocycles. The lowest BCUT2D eigenvalue weighted by molar-refractivity contribution is 0.0905. The van der Waals surface area contributed by atoms with E-state index in [1.807, 2.05) is 0 Å². The van der Waals surface area contributed by atoms with Gasteiger partial charge in [0.2, 0.25) is 0 Å². The lowest BCUT2D eigenvalue weighted by atomic mass is 9.99. The van der Waals surface area contributed by atoms with E-state index in [4.69, 9.17) is 4.74 Å². The number of aryl methyl sites for hydroxylation is 1. The Balaban J connectivity index is 1.78. The molecule has 1 fully saturated rings. The predicted molar refractivity (Wildman–Crippen MR) is 89.6 cm³/mol. The van der Waals surface area contributed by atoms with Crippen LogP contribution < -0.4 is 5.32 Å². The van der Waals surface area contributed by atoms with E-state index in [1.165, 1.54) is 24.0 Å². The average molecular weight is 289 g/mol. The van der Waals surface area contributed by atoms with Gasteiger partial charge in [0, 0.05) is 13.2 Å². The Morgan fingerprint density at radius 1 is 1.14 bits per heavy atom. The molecule has 0 bridgehead atoms. The fraction of sp³-hybridized carbons (Fsp3) is 0.684. The van der Waals surface area contributed by atoms with Gasteiger partial charge < -0.3 is 10.1 Å². The molecule has 0 aromatic heterocycles. The summed E-state index contributed by atoms with van der Waals surface area (Å²) in [5.74, 6) is 2.14. The quantitative estimate of drug-likeness (QED) is 0.707. The molecule has 0 aliphatic heterocycles. The smallest absolute Gasteiger partial charge is 0.0509 e. The molecule has 118 valence electrons. The minimum absolute atomic E-state index is 0.574. The predicted octanol–water partition coefficient (Wildman–Crippen LogP) is 3.83. The zero-order valence-electron chi connectivity index (χ0n) is 13.9. The number of rotatable bonds is 10. The average Bonchev–Trinajstić information content (AvgIpc) is 3.25. The van der Waals surface area contributed by atoms with Crippen molar-refractivity contribution >= 4 is 0 Å². The molecule has 1 atom stereocenters. The Bertz CT molecular complexity index is 387. The third-order valence-corrected chi connectivity index (χ3v) is 4.03. The first-order chi connectivity index (χ1) is 10.1. The van der Waals surface area contributed by atoms with Crippen LogP contribution in [0.3, 0.4) is 0 Å². The first-order valence-corrected chi connectivity index (χ1v) is 8.47. The summed E-state index contributed by atoms with van der Waals surface area (Å²) in [6.07, 6.45) is 3.85. The standard InChI is InChI=1S/C19H31NO/c1-15(2)11-20-12-19(14-21-13-18-8-9-18)10-17-6-4-16(3)5-7-17/h4-7,15,18-20H,8-14H2,1-3H3. The van der Waals surface area contributed by atoms with E-state index in [9.17, 15) is 0 Å². The van der Waals surface area contributed by atoms with Crippen LogP contribution in [0.1, 0.15) is 37.8 Å². The highest BCUT2D eigenvalue weighted by Crippen LogP contribution is 2.29. The highest BCUT2D eigenvalue weighted by atomic mass is 16.5. The molecule has 2 nitrogen and oxygen atoms in total. The zero-order chi connectivity index (χ0) is 15.1. The van der Waals surface area contributed by atoms with Crippen LogP contribution in [0.5, 0.6) is 0 Å². The van der Waals surface area contributed by atoms with Crippen molar-refractivity contribution in [1.29, 1.82) is 0 Å². The molecule has 0 amide bonds. The lowest BCUT2D eigenvalue weighted by Crippen LogP contribution is -2.30. The summed E-state index contributed by atoms with van der Waals surface area (Å²) in [5, 5.41) is 3.59. The van der Waals surface area contributed by atoms with Gasteiger partial charge in [0.05, 0.1) is 6.61 Å². The van der Waals surface area contributed by atoms with Crippen LogP contribution in [0.25, 0.3) is 0 Å². The topological polar surface area (TPSA) is 21.3 Å². The van der Waals surface area contributed by atoms with E-state index in [0.717, 1.165) is 38.6 Å². The molecule has 1 aromatic rings. The Kier molecular flexibility index (Phi) is 6.72. The summed E-state index contributed by atoms with van der Waals surface area (Å²) in [5.41, 5.74) is 2.75. The van der Waals surface area contributed by atoms with Gasteiger partial charge in [-0.15, -0.1) is 0 Å². The zero-order valence-corrected chi connectivity index (χ0v) is 13.9. The first-order valence-electron chi connectivity index (χ1n) is 8.47. The fourth-order valence-electron chi connectivity index (χ4n) is 2.51. The number of hydrogen-bond donors (Lipinski definition) is 1. The molecule has 1 N–H and O–H groups in total. The van der Waals surface area contributed by atoms with Crippen LogP contribution in [0.4, 0.5) is 0 Å². The summed E-state index contributed by atoms with van der Waals surface area (Å²) in [6.45, 7) is 10.6. The molecule has 0 radical (unpaired) electrons. The van der Waals surface area contributed by atoms with Crippen molar-refractivity contribution in [2.45, 2.75) is 40.0 Å². The number of nitrogens with one attached hydrogen (secondary N) is 1. The van der Waals surface area contributed by atoms with Crippen LogP contribution >= 0.6 is 0 Å². The monoisotopic (exact) mass is 289 g/mol. The maximum Gasteiger partial charge on any atom is 0.0509 e. The molecule has 0 saturated heterocycles. The summed E-state index contributed by atoms with van der Waals surface area (Å²) in [7, 11) is 0. The van der Waals surface area contributed by atoms with E-state index in [2.05, 4.69) is 50.4 Å². The molecule has 1 unspecified atom stereocenters. The maximum atomic E-state index is 5.93.